The molecule has 0 aliphatic carbocycles. The number of ether oxygens (including phenoxy) is 1. The van der Waals surface area contributed by atoms with Gasteiger partial charge in [-0.1, -0.05) is 0 Å². The van der Waals surface area contributed by atoms with Gasteiger partial charge in [0.2, 0.25) is 0 Å². The zero-order valence-corrected chi connectivity index (χ0v) is 17.9. The topological polar surface area (TPSA) is 110 Å². The van der Waals surface area contributed by atoms with Gasteiger partial charge >= 0.3 is 5.92 Å². The van der Waals surface area contributed by atoms with E-state index < -0.39 is 41.0 Å². The van der Waals surface area contributed by atoms with Crippen LogP contribution in [0.1, 0.15) is 21.0 Å². The molecule has 0 spiro atoms. The van der Waals surface area contributed by atoms with Crippen molar-refractivity contribution in [3.63, 3.8) is 0 Å². The molecule has 1 aromatic carbocycles. The summed E-state index contributed by atoms with van der Waals surface area (Å²) < 4.78 is 65.6. The zero-order valence-electron chi connectivity index (χ0n) is 17.1. The average molecular weight is 490 g/mol. The molecule has 1 atom stereocenters. The van der Waals surface area contributed by atoms with Gasteiger partial charge in [-0.3, -0.25) is 4.98 Å². The van der Waals surface area contributed by atoms with Gasteiger partial charge in [0, 0.05) is 16.5 Å². The Hall–Kier alpha value is -3.89. The number of benzene rings is 1. The van der Waals surface area contributed by atoms with E-state index in [0.29, 0.717) is 10.9 Å². The van der Waals surface area contributed by atoms with E-state index in [4.69, 9.17) is 10.00 Å². The summed E-state index contributed by atoms with van der Waals surface area (Å²) >= 11 is 1.22. The monoisotopic (exact) mass is 490 g/mol. The molecule has 3 heterocycles. The van der Waals surface area contributed by atoms with Gasteiger partial charge in [-0.05, 0) is 46.8 Å². The molecule has 0 aliphatic rings. The number of alkyl halides is 2. The molecule has 34 heavy (non-hydrogen) atoms. The fourth-order valence-electron chi connectivity index (χ4n) is 3.20. The predicted molar refractivity (Wildman–Crippen MR) is 110 cm³/mol. The van der Waals surface area contributed by atoms with Crippen LogP contribution in [0.4, 0.5) is 17.6 Å². The van der Waals surface area contributed by atoms with E-state index in [-0.39, 0.29) is 12.4 Å². The Morgan fingerprint density at radius 2 is 1.97 bits per heavy atom. The molecular weight excluding hydrogens is 476 g/mol. The Morgan fingerprint density at radius 3 is 2.59 bits per heavy atom. The number of nitrogens with zero attached hydrogens (tertiary/aromatic N) is 6. The third-order valence-corrected chi connectivity index (χ3v) is 5.85. The summed E-state index contributed by atoms with van der Waals surface area (Å²) in [7, 11) is 0. The first-order chi connectivity index (χ1) is 16.2. The van der Waals surface area contributed by atoms with Gasteiger partial charge in [0.05, 0.1) is 12.7 Å². The number of tetrazole rings is 1. The van der Waals surface area contributed by atoms with E-state index in [0.717, 1.165) is 40.3 Å². The van der Waals surface area contributed by atoms with Crippen molar-refractivity contribution in [1.82, 2.24) is 25.2 Å². The Kier molecular flexibility index (Phi) is 6.27. The second-order valence-corrected chi connectivity index (χ2v) is 8.28. The number of pyridine rings is 1. The van der Waals surface area contributed by atoms with Crippen molar-refractivity contribution in [1.29, 1.82) is 5.26 Å². The van der Waals surface area contributed by atoms with Crippen molar-refractivity contribution in [3.8, 4) is 11.8 Å². The highest BCUT2D eigenvalue weighted by atomic mass is 32.1. The standard InChI is InChI=1S/C21H14F4N6O2S/c22-13-1-5-17(18(23)7-13)20(32,11-31-12-28-29-30-31)21(24,25)19-6-2-14(9-27-19)33-10-16-4-3-15(8-26)34-16/h1-7,9,12,32H,10-11H2. The number of thiophene rings is 1. The molecular formula is C21H14F4N6O2S. The maximum Gasteiger partial charge on any atom is 0.323 e. The number of hydrogen-bond acceptors (Lipinski definition) is 8. The lowest BCUT2D eigenvalue weighted by Crippen LogP contribution is -2.48. The molecule has 0 saturated carbocycles. The van der Waals surface area contributed by atoms with Crippen LogP contribution in [0.15, 0.2) is 55.0 Å². The molecule has 0 fully saturated rings. The van der Waals surface area contributed by atoms with Gasteiger partial charge in [0.1, 0.15) is 47.0 Å². The molecule has 0 radical (unpaired) electrons. The van der Waals surface area contributed by atoms with Crippen LogP contribution in [0, 0.1) is 23.0 Å². The SMILES string of the molecule is N#Cc1ccc(COc2ccc(C(F)(F)C(O)(Cn3cnnn3)c3ccc(F)cc3F)nc2)s1. The molecule has 0 saturated heterocycles. The van der Waals surface area contributed by atoms with E-state index in [9.17, 15) is 13.9 Å². The number of aromatic nitrogens is 5. The average Bonchev–Trinajstić information content (AvgIpc) is 3.49. The van der Waals surface area contributed by atoms with Crippen molar-refractivity contribution in [3.05, 3.63) is 87.6 Å². The quantitative estimate of drug-likeness (QED) is 0.376. The number of halogens is 4. The van der Waals surface area contributed by atoms with Gasteiger partial charge in [-0.2, -0.15) is 14.0 Å². The van der Waals surface area contributed by atoms with E-state index in [2.05, 4.69) is 20.5 Å². The second-order valence-electron chi connectivity index (χ2n) is 7.11. The molecule has 0 amide bonds. The lowest BCUT2D eigenvalue weighted by Gasteiger charge is -2.35. The van der Waals surface area contributed by atoms with Crippen LogP contribution in [0.25, 0.3) is 0 Å². The third kappa shape index (κ3) is 4.45. The lowest BCUT2D eigenvalue weighted by molar-refractivity contribution is -0.207. The van der Waals surface area contributed by atoms with Crippen LogP contribution in [-0.2, 0) is 24.7 Å². The number of aliphatic hydroxyl groups is 1. The summed E-state index contributed by atoms with van der Waals surface area (Å²) in [5.74, 6) is -6.38. The fraction of sp³-hybridized carbons (Fsp3) is 0.190. The summed E-state index contributed by atoms with van der Waals surface area (Å²) in [6.45, 7) is -0.858. The highest BCUT2D eigenvalue weighted by Gasteiger charge is 2.58. The van der Waals surface area contributed by atoms with Crippen LogP contribution in [0.3, 0.4) is 0 Å². The van der Waals surface area contributed by atoms with Crippen molar-refractivity contribution in [2.24, 2.45) is 0 Å². The molecule has 8 nitrogen and oxygen atoms in total. The van der Waals surface area contributed by atoms with Crippen LogP contribution >= 0.6 is 11.3 Å². The number of nitriles is 1. The largest absolute Gasteiger partial charge is 0.486 e. The molecule has 4 rings (SSSR count). The Balaban J connectivity index is 1.63. The minimum atomic E-state index is -4.16. The highest BCUT2D eigenvalue weighted by molar-refractivity contribution is 7.12. The normalized spacial score (nSPS) is 13.3. The van der Waals surface area contributed by atoms with E-state index in [1.165, 1.54) is 17.4 Å². The maximum absolute atomic E-state index is 15.7. The van der Waals surface area contributed by atoms with Crippen molar-refractivity contribution in [2.75, 3.05) is 0 Å². The minimum absolute atomic E-state index is 0.0911. The molecule has 1 N–H and O–H groups in total. The van der Waals surface area contributed by atoms with Gasteiger partial charge in [-0.15, -0.1) is 16.4 Å². The molecule has 0 bridgehead atoms. The summed E-state index contributed by atoms with van der Waals surface area (Å²) in [6, 6.07) is 9.36. The first-order valence-electron chi connectivity index (χ1n) is 9.57. The molecule has 174 valence electrons. The lowest BCUT2D eigenvalue weighted by atomic mass is 9.84. The van der Waals surface area contributed by atoms with Gasteiger partial charge < -0.3 is 9.84 Å². The van der Waals surface area contributed by atoms with E-state index in [1.54, 1.807) is 12.1 Å². The smallest absolute Gasteiger partial charge is 0.323 e. The highest BCUT2D eigenvalue weighted by Crippen LogP contribution is 2.46. The summed E-state index contributed by atoms with van der Waals surface area (Å²) in [6.07, 6.45) is 2.00. The van der Waals surface area contributed by atoms with Crippen LogP contribution in [0.2, 0.25) is 0 Å². The summed E-state index contributed by atoms with van der Waals surface area (Å²) in [5.41, 5.74) is -4.97. The van der Waals surface area contributed by atoms with Gasteiger partial charge in [0.15, 0.2) is 5.60 Å². The summed E-state index contributed by atoms with van der Waals surface area (Å²) in [4.78, 5) is 4.96. The third-order valence-electron chi connectivity index (χ3n) is 4.89. The van der Waals surface area contributed by atoms with Crippen LogP contribution in [0.5, 0.6) is 5.75 Å². The number of rotatable bonds is 8. The van der Waals surface area contributed by atoms with Crippen molar-refractivity contribution in [2.45, 2.75) is 24.7 Å². The predicted octanol–water partition coefficient (Wildman–Crippen LogP) is 3.54. The van der Waals surface area contributed by atoms with E-state index in [1.807, 2.05) is 6.07 Å². The Bertz CT molecular complexity index is 1320. The van der Waals surface area contributed by atoms with Crippen LogP contribution in [-0.4, -0.2) is 30.3 Å². The fourth-order valence-corrected chi connectivity index (χ4v) is 3.92. The molecule has 0 aliphatic heterocycles. The summed E-state index contributed by atoms with van der Waals surface area (Å²) in [5, 5.41) is 30.1. The Labute approximate surface area is 193 Å². The first-order valence-corrected chi connectivity index (χ1v) is 10.4. The number of hydrogen-bond donors (Lipinski definition) is 1. The molecule has 3 aromatic heterocycles. The second kappa shape index (κ2) is 9.16. The molecule has 13 heteroatoms. The van der Waals surface area contributed by atoms with Crippen LogP contribution < -0.4 is 4.74 Å². The van der Waals surface area contributed by atoms with Crippen molar-refractivity contribution < 1.29 is 27.4 Å². The zero-order chi connectivity index (χ0) is 24.3. The first kappa shape index (κ1) is 23.3. The van der Waals surface area contributed by atoms with Gasteiger partial charge in [0.25, 0.3) is 0 Å². The maximum atomic E-state index is 15.7. The van der Waals surface area contributed by atoms with Crippen molar-refractivity contribution >= 4 is 11.3 Å². The minimum Gasteiger partial charge on any atom is -0.486 e. The Morgan fingerprint density at radius 1 is 1.15 bits per heavy atom. The molecule has 1 unspecified atom stereocenters. The molecule has 4 aromatic rings. The van der Waals surface area contributed by atoms with E-state index >= 15 is 8.78 Å². The van der Waals surface area contributed by atoms with Gasteiger partial charge in [-0.25, -0.2) is 13.5 Å².